The monoisotopic (exact) mass is 404 g/mol. The number of carbonyl (C=O) groups is 1. The molecule has 160 valence electrons. The van der Waals surface area contributed by atoms with Crippen LogP contribution in [0, 0.1) is 16.0 Å². The Balaban J connectivity index is 1.37. The molecule has 2 fully saturated rings. The van der Waals surface area contributed by atoms with Crippen LogP contribution in [0.3, 0.4) is 0 Å². The molecule has 1 aromatic rings. The number of amides is 1. The van der Waals surface area contributed by atoms with Gasteiger partial charge in [-0.05, 0) is 37.3 Å². The SMILES string of the molecule is CCCCOC(=O)N1CCN(CC2CCN(c3ccc([N+](=O)[O-])cc3)CC2)CC1. The van der Waals surface area contributed by atoms with Gasteiger partial charge in [0, 0.05) is 63.6 Å². The molecule has 8 heteroatoms. The molecule has 1 amide bonds. The van der Waals surface area contributed by atoms with Crippen molar-refractivity contribution in [1.29, 1.82) is 0 Å². The molecule has 0 spiro atoms. The van der Waals surface area contributed by atoms with Gasteiger partial charge in [-0.1, -0.05) is 13.3 Å². The van der Waals surface area contributed by atoms with E-state index in [0.29, 0.717) is 12.5 Å². The number of nitro benzene ring substituents is 1. The van der Waals surface area contributed by atoms with Gasteiger partial charge < -0.3 is 14.5 Å². The Morgan fingerprint density at radius 2 is 1.76 bits per heavy atom. The Hall–Kier alpha value is -2.35. The summed E-state index contributed by atoms with van der Waals surface area (Å²) in [7, 11) is 0. The zero-order valence-corrected chi connectivity index (χ0v) is 17.3. The van der Waals surface area contributed by atoms with Gasteiger partial charge in [0.15, 0.2) is 0 Å². The van der Waals surface area contributed by atoms with Crippen molar-refractivity contribution < 1.29 is 14.5 Å². The molecule has 8 nitrogen and oxygen atoms in total. The van der Waals surface area contributed by atoms with E-state index in [9.17, 15) is 14.9 Å². The topological polar surface area (TPSA) is 79.2 Å². The molecule has 0 unspecified atom stereocenters. The number of anilines is 1. The fourth-order valence-corrected chi connectivity index (χ4v) is 4.03. The van der Waals surface area contributed by atoms with E-state index in [1.807, 2.05) is 17.0 Å². The van der Waals surface area contributed by atoms with E-state index >= 15 is 0 Å². The second kappa shape index (κ2) is 10.4. The Morgan fingerprint density at radius 1 is 1.10 bits per heavy atom. The first kappa shape index (κ1) is 21.4. The Morgan fingerprint density at radius 3 is 2.34 bits per heavy atom. The zero-order chi connectivity index (χ0) is 20.6. The maximum Gasteiger partial charge on any atom is 0.409 e. The smallest absolute Gasteiger partial charge is 0.409 e. The van der Waals surface area contributed by atoms with Crippen molar-refractivity contribution in [2.24, 2.45) is 5.92 Å². The number of benzene rings is 1. The number of ether oxygens (including phenoxy) is 1. The number of carbonyl (C=O) groups excluding carboxylic acids is 1. The number of hydrogen-bond acceptors (Lipinski definition) is 6. The maximum absolute atomic E-state index is 12.0. The van der Waals surface area contributed by atoms with Crippen LogP contribution in [0.2, 0.25) is 0 Å². The van der Waals surface area contributed by atoms with Crippen LogP contribution in [0.4, 0.5) is 16.2 Å². The van der Waals surface area contributed by atoms with E-state index in [4.69, 9.17) is 4.74 Å². The van der Waals surface area contributed by atoms with E-state index in [2.05, 4.69) is 16.7 Å². The lowest BCUT2D eigenvalue weighted by Crippen LogP contribution is -2.50. The molecule has 0 N–H and O–H groups in total. The first-order chi connectivity index (χ1) is 14.1. The molecule has 0 radical (unpaired) electrons. The minimum absolute atomic E-state index is 0.136. The lowest BCUT2D eigenvalue weighted by Gasteiger charge is -2.39. The highest BCUT2D eigenvalue weighted by molar-refractivity contribution is 5.67. The van der Waals surface area contributed by atoms with Crippen LogP contribution in [-0.2, 0) is 4.74 Å². The average molecular weight is 405 g/mol. The van der Waals surface area contributed by atoms with Crippen LogP contribution in [0.25, 0.3) is 0 Å². The number of unbranched alkanes of at least 4 members (excludes halogenated alkanes) is 1. The molecule has 3 rings (SSSR count). The molecule has 0 bridgehead atoms. The normalized spacial score (nSPS) is 18.7. The van der Waals surface area contributed by atoms with Gasteiger partial charge in [0.05, 0.1) is 11.5 Å². The molecule has 2 aliphatic heterocycles. The van der Waals surface area contributed by atoms with Gasteiger partial charge in [0.25, 0.3) is 5.69 Å². The van der Waals surface area contributed by atoms with Crippen molar-refractivity contribution in [2.75, 3.05) is 57.3 Å². The van der Waals surface area contributed by atoms with Crippen LogP contribution in [0.1, 0.15) is 32.6 Å². The summed E-state index contributed by atoms with van der Waals surface area (Å²) in [6.45, 7) is 8.94. The number of non-ortho nitro benzene ring substituents is 1. The first-order valence-corrected chi connectivity index (χ1v) is 10.7. The Kier molecular flexibility index (Phi) is 7.69. The quantitative estimate of drug-likeness (QED) is 0.394. The molecular weight excluding hydrogens is 372 g/mol. The predicted octanol–water partition coefficient (Wildman–Crippen LogP) is 3.37. The molecule has 2 aliphatic rings. The fraction of sp³-hybridized carbons (Fsp3) is 0.667. The van der Waals surface area contributed by atoms with Crippen LogP contribution in [0.15, 0.2) is 24.3 Å². The van der Waals surface area contributed by atoms with Crippen molar-refractivity contribution in [2.45, 2.75) is 32.6 Å². The molecule has 0 aliphatic carbocycles. The van der Waals surface area contributed by atoms with Gasteiger partial charge >= 0.3 is 6.09 Å². The minimum Gasteiger partial charge on any atom is -0.449 e. The van der Waals surface area contributed by atoms with Crippen molar-refractivity contribution in [1.82, 2.24) is 9.80 Å². The molecule has 0 atom stereocenters. The number of piperidine rings is 1. The number of hydrogen-bond donors (Lipinski definition) is 0. The van der Waals surface area contributed by atoms with E-state index in [1.54, 1.807) is 12.1 Å². The van der Waals surface area contributed by atoms with Crippen molar-refractivity contribution in [3.63, 3.8) is 0 Å². The summed E-state index contributed by atoms with van der Waals surface area (Å²) in [6, 6.07) is 6.84. The van der Waals surface area contributed by atoms with E-state index < -0.39 is 0 Å². The van der Waals surface area contributed by atoms with Crippen LogP contribution >= 0.6 is 0 Å². The Labute approximate surface area is 172 Å². The molecule has 29 heavy (non-hydrogen) atoms. The number of piperazine rings is 1. The van der Waals surface area contributed by atoms with E-state index in [1.165, 1.54) is 0 Å². The highest BCUT2D eigenvalue weighted by atomic mass is 16.6. The molecule has 1 aromatic carbocycles. The third-order valence-corrected chi connectivity index (χ3v) is 5.91. The molecule has 0 saturated carbocycles. The second-order valence-corrected chi connectivity index (χ2v) is 7.96. The number of nitrogens with zero attached hydrogens (tertiary/aromatic N) is 4. The molecule has 2 saturated heterocycles. The van der Waals surface area contributed by atoms with Crippen LogP contribution < -0.4 is 4.90 Å². The predicted molar refractivity (Wildman–Crippen MR) is 112 cm³/mol. The fourth-order valence-electron chi connectivity index (χ4n) is 4.03. The summed E-state index contributed by atoms with van der Waals surface area (Å²) in [5.41, 5.74) is 1.20. The Bertz CT molecular complexity index is 666. The van der Waals surface area contributed by atoms with Crippen LogP contribution in [0.5, 0.6) is 0 Å². The summed E-state index contributed by atoms with van der Waals surface area (Å²) < 4.78 is 5.31. The highest BCUT2D eigenvalue weighted by Crippen LogP contribution is 2.26. The lowest BCUT2D eigenvalue weighted by atomic mass is 9.95. The summed E-state index contributed by atoms with van der Waals surface area (Å²) in [6.07, 6.45) is 4.02. The average Bonchev–Trinajstić information content (AvgIpc) is 2.75. The van der Waals surface area contributed by atoms with E-state index in [0.717, 1.165) is 77.2 Å². The van der Waals surface area contributed by atoms with Crippen molar-refractivity contribution in [3.8, 4) is 0 Å². The van der Waals surface area contributed by atoms with Gasteiger partial charge in [-0.2, -0.15) is 0 Å². The maximum atomic E-state index is 12.0. The van der Waals surface area contributed by atoms with Crippen LogP contribution in [-0.4, -0.2) is 73.2 Å². The second-order valence-electron chi connectivity index (χ2n) is 7.96. The van der Waals surface area contributed by atoms with Gasteiger partial charge in [-0.3, -0.25) is 15.0 Å². The number of nitro groups is 1. The van der Waals surface area contributed by atoms with Crippen molar-refractivity contribution in [3.05, 3.63) is 34.4 Å². The third-order valence-electron chi connectivity index (χ3n) is 5.91. The van der Waals surface area contributed by atoms with Gasteiger partial charge in [0.2, 0.25) is 0 Å². The summed E-state index contributed by atoms with van der Waals surface area (Å²) in [5.74, 6) is 0.660. The summed E-state index contributed by atoms with van der Waals surface area (Å²) >= 11 is 0. The standard InChI is InChI=1S/C21H32N4O4/c1-2-3-16-29-21(26)24-14-12-22(13-15-24)17-18-8-10-23(11-9-18)19-4-6-20(7-5-19)25(27)28/h4-7,18H,2-3,8-17H2,1H3. The molecule has 0 aromatic heterocycles. The number of rotatable bonds is 7. The van der Waals surface area contributed by atoms with Gasteiger partial charge in [-0.15, -0.1) is 0 Å². The first-order valence-electron chi connectivity index (χ1n) is 10.7. The molecule has 2 heterocycles. The molecular formula is C21H32N4O4. The van der Waals surface area contributed by atoms with E-state index in [-0.39, 0.29) is 16.7 Å². The zero-order valence-electron chi connectivity index (χ0n) is 17.3. The lowest BCUT2D eigenvalue weighted by molar-refractivity contribution is -0.384. The summed E-state index contributed by atoms with van der Waals surface area (Å²) in [5, 5.41) is 10.8. The third kappa shape index (κ3) is 6.06. The van der Waals surface area contributed by atoms with Gasteiger partial charge in [-0.25, -0.2) is 4.79 Å². The largest absolute Gasteiger partial charge is 0.449 e. The van der Waals surface area contributed by atoms with Gasteiger partial charge in [0.1, 0.15) is 0 Å². The van der Waals surface area contributed by atoms with Crippen molar-refractivity contribution >= 4 is 17.5 Å². The minimum atomic E-state index is -0.360. The summed E-state index contributed by atoms with van der Waals surface area (Å²) in [4.78, 5) is 29.1. The highest BCUT2D eigenvalue weighted by Gasteiger charge is 2.26.